The monoisotopic (exact) mass is 318 g/mol. The average Bonchev–Trinajstić information content (AvgIpc) is 2.88. The Bertz CT molecular complexity index is 887. The maximum Gasteiger partial charge on any atom is 0.417 e. The van der Waals surface area contributed by atoms with Crippen LogP contribution in [0.15, 0.2) is 36.4 Å². The van der Waals surface area contributed by atoms with Crippen LogP contribution in [0.1, 0.15) is 16.0 Å². The van der Waals surface area contributed by atoms with E-state index in [0.717, 1.165) is 23.0 Å². The van der Waals surface area contributed by atoms with Gasteiger partial charge in [-0.05, 0) is 19.1 Å². The molecule has 0 saturated heterocycles. The molecule has 3 rings (SSSR count). The number of halogens is 3. The van der Waals surface area contributed by atoms with Crippen LogP contribution >= 0.6 is 11.3 Å². The molecule has 22 heavy (non-hydrogen) atoms. The number of benzene rings is 1. The second kappa shape index (κ2) is 5.11. The molecule has 6 heteroatoms. The highest BCUT2D eigenvalue weighted by atomic mass is 32.1. The summed E-state index contributed by atoms with van der Waals surface area (Å²) in [5.41, 5.74) is 1.13. The number of aromatic nitrogens is 1. The summed E-state index contributed by atoms with van der Waals surface area (Å²) in [7, 11) is 0. The van der Waals surface area contributed by atoms with E-state index in [1.165, 1.54) is 6.07 Å². The molecule has 0 fully saturated rings. The molecule has 2 heterocycles. The van der Waals surface area contributed by atoms with E-state index >= 15 is 0 Å². The summed E-state index contributed by atoms with van der Waals surface area (Å²) >= 11 is 0.967. The van der Waals surface area contributed by atoms with Gasteiger partial charge in [-0.3, -0.25) is 0 Å². The number of aryl methyl sites for hydroxylation is 1. The summed E-state index contributed by atoms with van der Waals surface area (Å²) in [6.45, 7) is 1.90. The Morgan fingerprint density at radius 1 is 1.14 bits per heavy atom. The lowest BCUT2D eigenvalue weighted by molar-refractivity contribution is -0.136. The maximum atomic E-state index is 13.3. The van der Waals surface area contributed by atoms with E-state index in [1.807, 2.05) is 25.1 Å². The summed E-state index contributed by atoms with van der Waals surface area (Å²) in [6.07, 6.45) is -4.49. The van der Waals surface area contributed by atoms with Crippen LogP contribution in [-0.2, 0) is 6.18 Å². The first kappa shape index (κ1) is 14.5. The lowest BCUT2D eigenvalue weighted by Gasteiger charge is -2.10. The number of nitrogens with zero attached hydrogens (tertiary/aromatic N) is 2. The highest BCUT2D eigenvalue weighted by molar-refractivity contribution is 7.19. The van der Waals surface area contributed by atoms with E-state index in [4.69, 9.17) is 5.26 Å². The van der Waals surface area contributed by atoms with Crippen molar-refractivity contribution in [2.24, 2.45) is 0 Å². The molecule has 0 radical (unpaired) electrons. The molecule has 0 saturated carbocycles. The van der Waals surface area contributed by atoms with Crippen LogP contribution in [0.25, 0.3) is 21.5 Å². The van der Waals surface area contributed by atoms with Crippen molar-refractivity contribution in [1.29, 1.82) is 5.26 Å². The van der Waals surface area contributed by atoms with Crippen LogP contribution in [0.3, 0.4) is 0 Å². The van der Waals surface area contributed by atoms with E-state index in [2.05, 4.69) is 4.98 Å². The first-order valence-corrected chi connectivity index (χ1v) is 7.19. The van der Waals surface area contributed by atoms with Gasteiger partial charge in [-0.25, -0.2) is 4.98 Å². The van der Waals surface area contributed by atoms with E-state index < -0.39 is 11.7 Å². The van der Waals surface area contributed by atoms with Crippen LogP contribution in [-0.4, -0.2) is 4.98 Å². The predicted octanol–water partition coefficient (Wildman–Crippen LogP) is 5.16. The third-order valence-electron chi connectivity index (χ3n) is 3.27. The number of thiophene rings is 1. The van der Waals surface area contributed by atoms with Crippen molar-refractivity contribution in [3.63, 3.8) is 0 Å². The second-order valence-electron chi connectivity index (χ2n) is 4.86. The van der Waals surface area contributed by atoms with Crippen molar-refractivity contribution in [2.45, 2.75) is 13.1 Å². The van der Waals surface area contributed by atoms with Crippen molar-refractivity contribution in [3.8, 4) is 17.3 Å². The van der Waals surface area contributed by atoms with Gasteiger partial charge >= 0.3 is 6.18 Å². The van der Waals surface area contributed by atoms with Gasteiger partial charge < -0.3 is 0 Å². The van der Waals surface area contributed by atoms with Crippen molar-refractivity contribution >= 4 is 21.6 Å². The molecule has 0 N–H and O–H groups in total. The number of fused-ring (bicyclic) bond motifs is 1. The molecule has 2 nitrogen and oxygen atoms in total. The molecule has 0 amide bonds. The van der Waals surface area contributed by atoms with Gasteiger partial charge in [0.1, 0.15) is 15.8 Å². The SMILES string of the molecule is Cc1ccc(-c2cc(C(F)(F)F)c3cc(C#N)sc3n2)cc1. The Hall–Kier alpha value is -2.39. The summed E-state index contributed by atoms with van der Waals surface area (Å²) in [6, 6.07) is 11.3. The highest BCUT2D eigenvalue weighted by Crippen LogP contribution is 2.39. The minimum atomic E-state index is -4.49. The zero-order valence-electron chi connectivity index (χ0n) is 11.4. The van der Waals surface area contributed by atoms with Crippen LogP contribution in [0, 0.1) is 18.3 Å². The Kier molecular flexibility index (Phi) is 3.38. The molecule has 0 aliphatic carbocycles. The van der Waals surface area contributed by atoms with E-state index in [9.17, 15) is 13.2 Å². The lowest BCUT2D eigenvalue weighted by Crippen LogP contribution is -2.06. The highest BCUT2D eigenvalue weighted by Gasteiger charge is 2.34. The smallest absolute Gasteiger partial charge is 0.237 e. The van der Waals surface area contributed by atoms with Gasteiger partial charge in [0.2, 0.25) is 0 Å². The van der Waals surface area contributed by atoms with Gasteiger partial charge in [0, 0.05) is 10.9 Å². The third-order valence-corrected chi connectivity index (χ3v) is 4.20. The zero-order chi connectivity index (χ0) is 15.9. The number of nitriles is 1. The molecule has 2 aromatic heterocycles. The molecule has 3 aromatic rings. The third kappa shape index (κ3) is 2.55. The van der Waals surface area contributed by atoms with Crippen molar-refractivity contribution in [2.75, 3.05) is 0 Å². The van der Waals surface area contributed by atoms with E-state index in [0.29, 0.717) is 5.56 Å². The lowest BCUT2D eigenvalue weighted by atomic mass is 10.1. The van der Waals surface area contributed by atoms with Gasteiger partial charge in [0.25, 0.3) is 0 Å². The number of hydrogen-bond donors (Lipinski definition) is 0. The minimum Gasteiger partial charge on any atom is -0.237 e. The molecule has 0 atom stereocenters. The Labute approximate surface area is 128 Å². The Morgan fingerprint density at radius 3 is 2.41 bits per heavy atom. The zero-order valence-corrected chi connectivity index (χ0v) is 12.2. The molecule has 0 bridgehead atoms. The molecule has 110 valence electrons. The van der Waals surface area contributed by atoms with E-state index in [-0.39, 0.29) is 20.8 Å². The molecular weight excluding hydrogens is 309 g/mol. The fourth-order valence-corrected chi connectivity index (χ4v) is 3.03. The first-order chi connectivity index (χ1) is 10.4. The number of alkyl halides is 3. The van der Waals surface area contributed by atoms with E-state index in [1.54, 1.807) is 12.1 Å². The van der Waals surface area contributed by atoms with Gasteiger partial charge in [-0.15, -0.1) is 11.3 Å². The van der Waals surface area contributed by atoms with Gasteiger partial charge in [-0.1, -0.05) is 29.8 Å². The second-order valence-corrected chi connectivity index (χ2v) is 5.89. The van der Waals surface area contributed by atoms with Crippen molar-refractivity contribution in [1.82, 2.24) is 4.98 Å². The molecule has 0 aliphatic rings. The van der Waals surface area contributed by atoms with Crippen molar-refractivity contribution in [3.05, 3.63) is 52.4 Å². The normalized spacial score (nSPS) is 11.6. The largest absolute Gasteiger partial charge is 0.417 e. The number of rotatable bonds is 1. The molecule has 0 unspecified atom stereocenters. The standard InChI is InChI=1S/C16H9F3N2S/c1-9-2-4-10(5-3-9)14-7-13(16(17,18)19)12-6-11(8-20)22-15(12)21-14/h2-7H,1H3. The van der Waals surface area contributed by atoms with Crippen LogP contribution in [0.4, 0.5) is 13.2 Å². The summed E-state index contributed by atoms with van der Waals surface area (Å²) in [5.74, 6) is 0. The molecular formula is C16H9F3N2S. The minimum absolute atomic E-state index is 0.0232. The number of pyridine rings is 1. The summed E-state index contributed by atoms with van der Waals surface area (Å²) in [5, 5.41) is 8.88. The fraction of sp³-hybridized carbons (Fsp3) is 0.125. The molecule has 1 aromatic carbocycles. The summed E-state index contributed by atoms with van der Waals surface area (Å²) in [4.78, 5) is 4.73. The Balaban J connectivity index is 2.29. The van der Waals surface area contributed by atoms with Gasteiger partial charge in [0.15, 0.2) is 0 Å². The van der Waals surface area contributed by atoms with Crippen molar-refractivity contribution < 1.29 is 13.2 Å². The summed E-state index contributed by atoms with van der Waals surface area (Å²) < 4.78 is 39.9. The molecule has 0 spiro atoms. The maximum absolute atomic E-state index is 13.3. The average molecular weight is 318 g/mol. The van der Waals surface area contributed by atoms with Crippen LogP contribution < -0.4 is 0 Å². The van der Waals surface area contributed by atoms with Crippen LogP contribution in [0.2, 0.25) is 0 Å². The van der Waals surface area contributed by atoms with Gasteiger partial charge in [0.05, 0.1) is 11.3 Å². The quantitative estimate of drug-likeness (QED) is 0.621. The van der Waals surface area contributed by atoms with Gasteiger partial charge in [-0.2, -0.15) is 18.4 Å². The molecule has 0 aliphatic heterocycles. The topological polar surface area (TPSA) is 36.7 Å². The predicted molar refractivity (Wildman–Crippen MR) is 79.5 cm³/mol. The van der Waals surface area contributed by atoms with Crippen LogP contribution in [0.5, 0.6) is 0 Å². The fourth-order valence-electron chi connectivity index (χ4n) is 2.18. The number of hydrogen-bond acceptors (Lipinski definition) is 3. The Morgan fingerprint density at radius 2 is 1.82 bits per heavy atom. The first-order valence-electron chi connectivity index (χ1n) is 6.37.